The number of hydrogen-bond donors (Lipinski definition) is 3. The maximum absolute atomic E-state index is 14.6. The van der Waals surface area contributed by atoms with E-state index in [1.54, 1.807) is 11.0 Å². The molecule has 3 aromatic rings. The van der Waals surface area contributed by atoms with Crippen molar-refractivity contribution in [2.75, 3.05) is 32.8 Å². The van der Waals surface area contributed by atoms with Crippen molar-refractivity contribution in [2.45, 2.75) is 57.7 Å². The van der Waals surface area contributed by atoms with E-state index in [9.17, 15) is 24.2 Å². The molecule has 2 aromatic carbocycles. The van der Waals surface area contributed by atoms with Crippen LogP contribution in [0.15, 0.2) is 48.5 Å². The number of β-amino-alcohol motifs (C(OH)–C–C–N with tert-alkyl or cyclic N) is 1. The van der Waals surface area contributed by atoms with Gasteiger partial charge in [-0.1, -0.05) is 49.6 Å². The minimum Gasteiger partial charge on any atom is -0.394 e. The molecule has 41 heavy (non-hydrogen) atoms. The number of nitrogens with one attached hydrogen (secondary N) is 1. The van der Waals surface area contributed by atoms with Gasteiger partial charge in [-0.05, 0) is 43.9 Å². The molecule has 2 heterocycles. The normalized spacial score (nSPS) is 18.4. The number of aliphatic hydroxyl groups excluding tert-OH is 2. The van der Waals surface area contributed by atoms with E-state index in [0.717, 1.165) is 31.2 Å². The summed E-state index contributed by atoms with van der Waals surface area (Å²) in [6.45, 7) is 2.96. The zero-order valence-electron chi connectivity index (χ0n) is 23.6. The molecule has 2 fully saturated rings. The predicted octanol–water partition coefficient (Wildman–Crippen LogP) is 3.74. The Morgan fingerprint density at radius 2 is 1.88 bits per heavy atom. The van der Waals surface area contributed by atoms with Crippen molar-refractivity contribution in [3.05, 3.63) is 65.5 Å². The molecule has 0 bridgehead atoms. The number of amides is 2. The summed E-state index contributed by atoms with van der Waals surface area (Å²) in [5, 5.41) is 22.7. The summed E-state index contributed by atoms with van der Waals surface area (Å²) in [4.78, 5) is 35.5. The summed E-state index contributed by atoms with van der Waals surface area (Å²) in [6, 6.07) is 13.9. The van der Waals surface area contributed by atoms with E-state index in [1.165, 1.54) is 18.6 Å². The molecule has 5 rings (SSSR count). The van der Waals surface area contributed by atoms with Crippen molar-refractivity contribution >= 4 is 22.7 Å². The molecule has 1 aromatic heterocycles. The molecule has 8 nitrogen and oxygen atoms in total. The summed E-state index contributed by atoms with van der Waals surface area (Å²) < 4.78 is 14.6. The first kappa shape index (κ1) is 29.1. The van der Waals surface area contributed by atoms with Crippen LogP contribution in [-0.2, 0) is 11.3 Å². The monoisotopic (exact) mass is 562 g/mol. The lowest BCUT2D eigenvalue weighted by molar-refractivity contribution is -0.138. The van der Waals surface area contributed by atoms with Crippen LogP contribution < -0.4 is 5.32 Å². The Balaban J connectivity index is 1.55. The third-order valence-electron chi connectivity index (χ3n) is 8.46. The standard InChI is InChI=1S/C32H39FN4O4/c1-21(22-8-4-2-5-9-22)34-32(41)30-26-16-24(33)12-13-28(26)35-31(23-10-6-3-7-11-23)27(30)18-36-14-15-37(29(40)19-36)17-25(39)20-38/h3,6-7,10-13,16,21-22,25,38-39H,2,4-5,8-9,14-15,17-20H2,1H3,(H,34,41)/t21?,25-/m0/s1. The highest BCUT2D eigenvalue weighted by atomic mass is 19.1. The Labute approximate surface area is 240 Å². The minimum atomic E-state index is -0.990. The number of hydrogen-bond acceptors (Lipinski definition) is 6. The van der Waals surface area contributed by atoms with Crippen LogP contribution in [0.5, 0.6) is 0 Å². The number of pyridine rings is 1. The number of halogens is 1. The number of rotatable bonds is 9. The summed E-state index contributed by atoms with van der Waals surface area (Å²) in [5.41, 5.74) is 3.04. The molecule has 1 unspecified atom stereocenters. The molecule has 9 heteroatoms. The maximum atomic E-state index is 14.6. The zero-order valence-corrected chi connectivity index (χ0v) is 23.6. The van der Waals surface area contributed by atoms with Crippen LogP contribution in [0.25, 0.3) is 22.2 Å². The van der Waals surface area contributed by atoms with Crippen LogP contribution in [-0.4, -0.2) is 81.7 Å². The lowest BCUT2D eigenvalue weighted by atomic mass is 9.84. The molecule has 1 saturated carbocycles. The van der Waals surface area contributed by atoms with Crippen molar-refractivity contribution in [2.24, 2.45) is 5.92 Å². The Kier molecular flexibility index (Phi) is 9.27. The predicted molar refractivity (Wildman–Crippen MR) is 156 cm³/mol. The number of piperazine rings is 1. The molecule has 2 aliphatic rings. The molecule has 1 aliphatic heterocycles. The lowest BCUT2D eigenvalue weighted by Crippen LogP contribution is -2.52. The number of carbonyl (C=O) groups is 2. The highest BCUT2D eigenvalue weighted by Crippen LogP contribution is 2.33. The van der Waals surface area contributed by atoms with Crippen molar-refractivity contribution < 1.29 is 24.2 Å². The van der Waals surface area contributed by atoms with Crippen LogP contribution in [0.4, 0.5) is 4.39 Å². The van der Waals surface area contributed by atoms with Gasteiger partial charge in [-0.15, -0.1) is 0 Å². The largest absolute Gasteiger partial charge is 0.394 e. The number of aromatic nitrogens is 1. The van der Waals surface area contributed by atoms with Crippen molar-refractivity contribution in [1.82, 2.24) is 20.1 Å². The number of fused-ring (bicyclic) bond motifs is 1. The van der Waals surface area contributed by atoms with Gasteiger partial charge in [0.2, 0.25) is 5.91 Å². The average molecular weight is 563 g/mol. The molecule has 1 aliphatic carbocycles. The van der Waals surface area contributed by atoms with Crippen molar-refractivity contribution in [3.8, 4) is 11.3 Å². The third kappa shape index (κ3) is 6.74. The summed E-state index contributed by atoms with van der Waals surface area (Å²) in [6.07, 6.45) is 4.71. The van der Waals surface area contributed by atoms with Gasteiger partial charge in [0.15, 0.2) is 0 Å². The average Bonchev–Trinajstić information content (AvgIpc) is 2.98. The van der Waals surface area contributed by atoms with Crippen LogP contribution in [0.3, 0.4) is 0 Å². The molecule has 1 saturated heterocycles. The van der Waals surface area contributed by atoms with Gasteiger partial charge in [-0.2, -0.15) is 0 Å². The first-order valence-electron chi connectivity index (χ1n) is 14.6. The van der Waals surface area contributed by atoms with E-state index < -0.39 is 18.5 Å². The van der Waals surface area contributed by atoms with Gasteiger partial charge in [0.1, 0.15) is 5.82 Å². The van der Waals surface area contributed by atoms with E-state index >= 15 is 0 Å². The molecule has 0 spiro atoms. The second-order valence-corrected chi connectivity index (χ2v) is 11.4. The highest BCUT2D eigenvalue weighted by Gasteiger charge is 2.30. The fraction of sp³-hybridized carbons (Fsp3) is 0.469. The Bertz CT molecular complexity index is 1380. The molecular weight excluding hydrogens is 523 g/mol. The van der Waals surface area contributed by atoms with E-state index in [0.29, 0.717) is 46.7 Å². The van der Waals surface area contributed by atoms with E-state index in [-0.39, 0.29) is 37.5 Å². The smallest absolute Gasteiger partial charge is 0.252 e. The topological polar surface area (TPSA) is 106 Å². The van der Waals surface area contributed by atoms with Gasteiger partial charge < -0.3 is 20.4 Å². The lowest BCUT2D eigenvalue weighted by Gasteiger charge is -2.35. The summed E-state index contributed by atoms with van der Waals surface area (Å²) in [5.74, 6) is -0.473. The second kappa shape index (κ2) is 13.1. The minimum absolute atomic E-state index is 0.0318. The summed E-state index contributed by atoms with van der Waals surface area (Å²) >= 11 is 0. The van der Waals surface area contributed by atoms with Gasteiger partial charge in [0.25, 0.3) is 5.91 Å². The first-order chi connectivity index (χ1) is 19.8. The Morgan fingerprint density at radius 1 is 1.12 bits per heavy atom. The molecule has 218 valence electrons. The van der Waals surface area contributed by atoms with E-state index in [4.69, 9.17) is 4.98 Å². The first-order valence-corrected chi connectivity index (χ1v) is 14.6. The quantitative estimate of drug-likeness (QED) is 0.367. The van der Waals surface area contributed by atoms with Crippen molar-refractivity contribution in [3.63, 3.8) is 0 Å². The molecule has 0 radical (unpaired) electrons. The number of carbonyl (C=O) groups excluding carboxylic acids is 2. The SMILES string of the molecule is CC(NC(=O)c1c(CN2CCN(C[C@H](O)CO)C(=O)C2)c(-c2ccccc2)nc2ccc(F)cc12)C1CCCCC1. The van der Waals surface area contributed by atoms with Crippen LogP contribution in [0.1, 0.15) is 54.9 Å². The Hall–Kier alpha value is -3.40. The molecule has 2 amide bonds. The fourth-order valence-corrected chi connectivity index (χ4v) is 6.17. The van der Waals surface area contributed by atoms with E-state index in [1.807, 2.05) is 42.2 Å². The van der Waals surface area contributed by atoms with Gasteiger partial charge in [-0.3, -0.25) is 14.5 Å². The fourth-order valence-electron chi connectivity index (χ4n) is 6.17. The summed E-state index contributed by atoms with van der Waals surface area (Å²) in [7, 11) is 0. The van der Waals surface area contributed by atoms with Gasteiger partial charge in [0.05, 0.1) is 36.0 Å². The maximum Gasteiger partial charge on any atom is 0.252 e. The third-order valence-corrected chi connectivity index (χ3v) is 8.46. The van der Waals surface area contributed by atoms with Crippen LogP contribution >= 0.6 is 0 Å². The van der Waals surface area contributed by atoms with E-state index in [2.05, 4.69) is 5.32 Å². The Morgan fingerprint density at radius 3 is 2.59 bits per heavy atom. The van der Waals surface area contributed by atoms with Crippen LogP contribution in [0, 0.1) is 11.7 Å². The van der Waals surface area contributed by atoms with Crippen LogP contribution in [0.2, 0.25) is 0 Å². The zero-order chi connectivity index (χ0) is 28.9. The highest BCUT2D eigenvalue weighted by molar-refractivity contribution is 6.09. The van der Waals surface area contributed by atoms with Crippen molar-refractivity contribution in [1.29, 1.82) is 0 Å². The van der Waals surface area contributed by atoms with Gasteiger partial charge >= 0.3 is 0 Å². The van der Waals surface area contributed by atoms with Gasteiger partial charge in [-0.25, -0.2) is 9.37 Å². The molecular formula is C32H39FN4O4. The number of benzene rings is 2. The molecule has 3 N–H and O–H groups in total. The molecule has 2 atom stereocenters. The number of nitrogens with zero attached hydrogens (tertiary/aromatic N) is 3. The van der Waals surface area contributed by atoms with Gasteiger partial charge in [0, 0.05) is 48.7 Å². The second-order valence-electron chi connectivity index (χ2n) is 11.4. The number of aliphatic hydroxyl groups is 2.